The quantitative estimate of drug-likeness (QED) is 0.236. The molecule has 0 saturated carbocycles. The van der Waals surface area contributed by atoms with Crippen molar-refractivity contribution in [3.05, 3.63) is 82.3 Å². The smallest absolute Gasteiger partial charge is 0.264 e. The summed E-state index contributed by atoms with van der Waals surface area (Å²) in [6, 6.07) is 17.0. The predicted octanol–water partition coefficient (Wildman–Crippen LogP) is 5.86. The fraction of sp³-hybridized carbons (Fsp3) is 0.310. The van der Waals surface area contributed by atoms with Crippen LogP contribution in [-0.4, -0.2) is 57.1 Å². The van der Waals surface area contributed by atoms with Crippen molar-refractivity contribution in [2.45, 2.75) is 43.1 Å². The lowest BCUT2D eigenvalue weighted by molar-refractivity contribution is -0.139. The number of benzene rings is 3. The van der Waals surface area contributed by atoms with Gasteiger partial charge in [-0.1, -0.05) is 41.4 Å². The number of thioether (sulfide) groups is 1. The zero-order valence-corrected chi connectivity index (χ0v) is 26.4. The number of halogens is 2. The maximum atomic E-state index is 14.1. The van der Waals surface area contributed by atoms with E-state index in [0.29, 0.717) is 27.9 Å². The molecule has 1 atom stereocenters. The summed E-state index contributed by atoms with van der Waals surface area (Å²) in [7, 11) is -4.25. The summed E-state index contributed by atoms with van der Waals surface area (Å²) in [5, 5.41) is 3.36. The van der Waals surface area contributed by atoms with Crippen LogP contribution in [0.2, 0.25) is 10.0 Å². The molecule has 1 unspecified atom stereocenters. The monoisotopic (exact) mass is 637 g/mol. The number of sulfonamides is 1. The van der Waals surface area contributed by atoms with E-state index < -0.39 is 34.4 Å². The maximum absolute atomic E-state index is 14.1. The van der Waals surface area contributed by atoms with Crippen molar-refractivity contribution in [2.75, 3.05) is 30.3 Å². The summed E-state index contributed by atoms with van der Waals surface area (Å²) in [6.07, 6.45) is 1.89. The van der Waals surface area contributed by atoms with Crippen LogP contribution in [0.4, 0.5) is 5.69 Å². The van der Waals surface area contributed by atoms with Crippen LogP contribution in [0.5, 0.6) is 5.75 Å². The van der Waals surface area contributed by atoms with Gasteiger partial charge in [0.25, 0.3) is 10.0 Å². The predicted molar refractivity (Wildman–Crippen MR) is 166 cm³/mol. The summed E-state index contributed by atoms with van der Waals surface area (Å²) in [5.74, 6) is -0.735. The number of ether oxygens (including phenoxy) is 1. The molecule has 0 spiro atoms. The molecule has 0 aromatic heterocycles. The number of nitrogens with one attached hydrogen (secondary N) is 1. The lowest BCUT2D eigenvalue weighted by atomic mass is 10.1. The van der Waals surface area contributed by atoms with Crippen molar-refractivity contribution in [1.29, 1.82) is 0 Å². The Morgan fingerprint density at radius 2 is 1.61 bits per heavy atom. The average molecular weight is 639 g/mol. The topological polar surface area (TPSA) is 96.0 Å². The molecule has 220 valence electrons. The molecule has 2 amide bonds. The Bertz CT molecular complexity index is 1450. The van der Waals surface area contributed by atoms with Crippen molar-refractivity contribution < 1.29 is 22.7 Å². The standard InChI is InChI=1S/C29H33Cl2N3O5S2/c1-5-32-29(36)20(3)33(18-23-24(30)10-9-11-25(23)31)28(35)19-34(26-12-7-8-13-27(26)39-6-2)41(37,38)22-16-14-21(40-4)15-17-22/h7-17,20H,5-6,18-19H2,1-4H3,(H,32,36). The number of likely N-dealkylation sites (N-methyl/N-ethyl adjacent to an activating group) is 1. The molecule has 0 aliphatic rings. The highest BCUT2D eigenvalue weighted by molar-refractivity contribution is 7.98. The molecule has 41 heavy (non-hydrogen) atoms. The van der Waals surface area contributed by atoms with Gasteiger partial charge in [0.05, 0.1) is 17.2 Å². The van der Waals surface area contributed by atoms with Gasteiger partial charge in [-0.05, 0) is 75.6 Å². The molecule has 0 saturated heterocycles. The Morgan fingerprint density at radius 1 is 0.976 bits per heavy atom. The van der Waals surface area contributed by atoms with Crippen LogP contribution in [0.25, 0.3) is 0 Å². The Labute approximate surface area is 256 Å². The molecule has 0 fully saturated rings. The van der Waals surface area contributed by atoms with Gasteiger partial charge in [-0.25, -0.2) is 8.42 Å². The van der Waals surface area contributed by atoms with Gasteiger partial charge in [0.1, 0.15) is 18.3 Å². The molecule has 12 heteroatoms. The van der Waals surface area contributed by atoms with Gasteiger partial charge in [-0.3, -0.25) is 13.9 Å². The van der Waals surface area contributed by atoms with Gasteiger partial charge in [-0.15, -0.1) is 11.8 Å². The van der Waals surface area contributed by atoms with E-state index in [0.717, 1.165) is 9.20 Å². The number of anilines is 1. The molecular formula is C29H33Cl2N3O5S2. The number of carbonyl (C=O) groups excluding carboxylic acids is 2. The Kier molecular flexibility index (Phi) is 11.8. The SMILES string of the molecule is CCNC(=O)C(C)N(Cc1c(Cl)cccc1Cl)C(=O)CN(c1ccccc1OCC)S(=O)(=O)c1ccc(SC)cc1. The molecule has 3 rings (SSSR count). The van der Waals surface area contributed by atoms with Gasteiger partial charge in [0.2, 0.25) is 11.8 Å². The van der Waals surface area contributed by atoms with Crippen LogP contribution in [0.3, 0.4) is 0 Å². The normalized spacial score (nSPS) is 12.0. The van der Waals surface area contributed by atoms with E-state index in [-0.39, 0.29) is 23.7 Å². The van der Waals surface area contributed by atoms with Crippen LogP contribution >= 0.6 is 35.0 Å². The Balaban J connectivity index is 2.12. The Morgan fingerprint density at radius 3 is 2.20 bits per heavy atom. The first kappa shape index (κ1) is 32.6. The fourth-order valence-electron chi connectivity index (χ4n) is 4.09. The van der Waals surface area contributed by atoms with Crippen LogP contribution in [0.1, 0.15) is 26.3 Å². The van der Waals surface area contributed by atoms with E-state index >= 15 is 0 Å². The van der Waals surface area contributed by atoms with E-state index in [1.807, 2.05) is 6.26 Å². The lowest BCUT2D eigenvalue weighted by Crippen LogP contribution is -2.51. The van der Waals surface area contributed by atoms with Gasteiger partial charge in [0, 0.05) is 33.6 Å². The second-order valence-electron chi connectivity index (χ2n) is 8.88. The average Bonchev–Trinajstić information content (AvgIpc) is 2.96. The first-order chi connectivity index (χ1) is 19.5. The first-order valence-electron chi connectivity index (χ1n) is 12.9. The zero-order valence-electron chi connectivity index (χ0n) is 23.3. The largest absolute Gasteiger partial charge is 0.492 e. The summed E-state index contributed by atoms with van der Waals surface area (Å²) >= 11 is 14.3. The molecule has 0 aliphatic heterocycles. The molecule has 3 aromatic rings. The third-order valence-electron chi connectivity index (χ3n) is 6.27. The number of hydrogen-bond acceptors (Lipinski definition) is 6. The van der Waals surface area contributed by atoms with Gasteiger partial charge < -0.3 is 15.0 Å². The van der Waals surface area contributed by atoms with Gasteiger partial charge in [0.15, 0.2) is 0 Å². The Hall–Kier alpha value is -2.92. The molecular weight excluding hydrogens is 605 g/mol. The van der Waals surface area contributed by atoms with E-state index in [4.69, 9.17) is 27.9 Å². The van der Waals surface area contributed by atoms with Crippen molar-refractivity contribution in [3.63, 3.8) is 0 Å². The number of carbonyl (C=O) groups is 2. The first-order valence-corrected chi connectivity index (χ1v) is 16.4. The molecule has 1 N–H and O–H groups in total. The van der Waals surface area contributed by atoms with Crippen molar-refractivity contribution in [3.8, 4) is 5.75 Å². The van der Waals surface area contributed by atoms with E-state index in [1.54, 1.807) is 75.4 Å². The minimum absolute atomic E-state index is 0.00637. The molecule has 3 aromatic carbocycles. The third-order valence-corrected chi connectivity index (χ3v) is 9.49. The van der Waals surface area contributed by atoms with Gasteiger partial charge >= 0.3 is 0 Å². The highest BCUT2D eigenvalue weighted by Gasteiger charge is 2.34. The van der Waals surface area contributed by atoms with Crippen molar-refractivity contribution in [1.82, 2.24) is 10.2 Å². The second kappa shape index (κ2) is 14.8. The molecule has 0 bridgehead atoms. The summed E-state index contributed by atoms with van der Waals surface area (Å²) in [5.41, 5.74) is 0.634. The molecule has 0 heterocycles. The van der Waals surface area contributed by atoms with Crippen molar-refractivity contribution in [2.24, 2.45) is 0 Å². The van der Waals surface area contributed by atoms with Crippen LogP contribution in [-0.2, 0) is 26.2 Å². The summed E-state index contributed by atoms with van der Waals surface area (Å²) < 4.78 is 34.9. The highest BCUT2D eigenvalue weighted by atomic mass is 35.5. The van der Waals surface area contributed by atoms with E-state index in [9.17, 15) is 18.0 Å². The fourth-order valence-corrected chi connectivity index (χ4v) is 6.44. The highest BCUT2D eigenvalue weighted by Crippen LogP contribution is 2.34. The van der Waals surface area contributed by atoms with Crippen LogP contribution in [0.15, 0.2) is 76.5 Å². The van der Waals surface area contributed by atoms with Crippen molar-refractivity contribution >= 4 is 62.5 Å². The van der Waals surface area contributed by atoms with Gasteiger partial charge in [-0.2, -0.15) is 0 Å². The molecule has 0 radical (unpaired) electrons. The minimum atomic E-state index is -4.25. The number of amides is 2. The second-order valence-corrected chi connectivity index (χ2v) is 12.4. The van der Waals surface area contributed by atoms with E-state index in [2.05, 4.69) is 5.32 Å². The molecule has 0 aliphatic carbocycles. The summed E-state index contributed by atoms with van der Waals surface area (Å²) in [4.78, 5) is 29.1. The lowest BCUT2D eigenvalue weighted by Gasteiger charge is -2.32. The minimum Gasteiger partial charge on any atom is -0.492 e. The zero-order chi connectivity index (χ0) is 30.2. The number of rotatable bonds is 13. The summed E-state index contributed by atoms with van der Waals surface area (Å²) in [6.45, 7) is 5.04. The number of hydrogen-bond donors (Lipinski definition) is 1. The molecule has 8 nitrogen and oxygen atoms in total. The maximum Gasteiger partial charge on any atom is 0.264 e. The number of para-hydroxylation sites is 2. The van der Waals surface area contributed by atoms with E-state index in [1.165, 1.54) is 28.8 Å². The number of nitrogens with zero attached hydrogens (tertiary/aromatic N) is 2. The third kappa shape index (κ3) is 7.88. The van der Waals surface area contributed by atoms with Crippen LogP contribution in [0, 0.1) is 0 Å². The van der Waals surface area contributed by atoms with Crippen LogP contribution < -0.4 is 14.4 Å².